The van der Waals surface area contributed by atoms with Gasteiger partial charge in [0.15, 0.2) is 0 Å². The summed E-state index contributed by atoms with van der Waals surface area (Å²) in [6.45, 7) is 1.83. The van der Waals surface area contributed by atoms with Crippen LogP contribution in [0.2, 0.25) is 0 Å². The van der Waals surface area contributed by atoms with Crippen molar-refractivity contribution < 1.29 is 4.74 Å². The zero-order valence-corrected chi connectivity index (χ0v) is 9.15. The molecular weight excluding hydrogens is 212 g/mol. The maximum absolute atomic E-state index is 5.73. The fourth-order valence-corrected chi connectivity index (χ4v) is 2.50. The minimum Gasteiger partial charge on any atom is -0.374 e. The van der Waals surface area contributed by atoms with Gasteiger partial charge in [0.2, 0.25) is 0 Å². The Morgan fingerprint density at radius 2 is 2.47 bits per heavy atom. The van der Waals surface area contributed by atoms with Crippen LogP contribution in [0.25, 0.3) is 0 Å². The number of aromatic nitrogens is 1. The average molecular weight is 225 g/mol. The van der Waals surface area contributed by atoms with Crippen molar-refractivity contribution in [3.05, 3.63) is 23.9 Å². The van der Waals surface area contributed by atoms with Crippen LogP contribution in [0.4, 0.5) is 5.82 Å². The van der Waals surface area contributed by atoms with E-state index in [1.165, 1.54) is 0 Å². The molecule has 0 aliphatic carbocycles. The predicted molar refractivity (Wildman–Crippen MR) is 59.3 cm³/mol. The maximum atomic E-state index is 5.73. The van der Waals surface area contributed by atoms with Crippen molar-refractivity contribution in [3.8, 4) is 0 Å². The number of nitrogens with zero attached hydrogens (tertiary/aromatic N) is 2. The van der Waals surface area contributed by atoms with Crippen molar-refractivity contribution >= 4 is 17.4 Å². The highest BCUT2D eigenvalue weighted by Gasteiger charge is 2.39. The smallest absolute Gasteiger partial charge is 0.128 e. The normalized spacial score (nSPS) is 28.7. The van der Waals surface area contributed by atoms with Gasteiger partial charge in [-0.15, -0.1) is 11.6 Å². The summed E-state index contributed by atoms with van der Waals surface area (Å²) in [5.74, 6) is 1.59. The Morgan fingerprint density at radius 3 is 3.00 bits per heavy atom. The van der Waals surface area contributed by atoms with E-state index in [9.17, 15) is 0 Å². The van der Waals surface area contributed by atoms with Crippen LogP contribution in [0.1, 0.15) is 12.0 Å². The molecule has 2 fully saturated rings. The molecule has 0 saturated carbocycles. The van der Waals surface area contributed by atoms with E-state index in [0.717, 1.165) is 31.0 Å². The van der Waals surface area contributed by atoms with Crippen LogP contribution in [0.15, 0.2) is 18.3 Å². The standard InChI is InChI=1S/C11H13ClN2O/c12-4-8-1-2-11(13-5-8)14-6-10-3-9(14)7-15-10/h1-2,5,9-10H,3-4,6-7H2. The molecule has 2 saturated heterocycles. The van der Waals surface area contributed by atoms with Crippen molar-refractivity contribution in [2.24, 2.45) is 0 Å². The summed E-state index contributed by atoms with van der Waals surface area (Å²) in [5, 5.41) is 0. The molecule has 2 aliphatic rings. The number of morpholine rings is 1. The van der Waals surface area contributed by atoms with E-state index in [1.54, 1.807) is 0 Å². The number of fused-ring (bicyclic) bond motifs is 2. The molecule has 2 unspecified atom stereocenters. The lowest BCUT2D eigenvalue weighted by Crippen LogP contribution is -2.37. The first-order valence-electron chi connectivity index (χ1n) is 5.26. The zero-order valence-electron chi connectivity index (χ0n) is 8.40. The molecule has 0 amide bonds. The zero-order chi connectivity index (χ0) is 10.3. The first-order valence-corrected chi connectivity index (χ1v) is 5.79. The highest BCUT2D eigenvalue weighted by molar-refractivity contribution is 6.17. The number of rotatable bonds is 2. The lowest BCUT2D eigenvalue weighted by Gasteiger charge is -2.27. The van der Waals surface area contributed by atoms with Crippen LogP contribution in [-0.4, -0.2) is 30.3 Å². The Hall–Kier alpha value is -0.800. The number of anilines is 1. The summed E-state index contributed by atoms with van der Waals surface area (Å²) in [4.78, 5) is 6.78. The monoisotopic (exact) mass is 224 g/mol. The molecule has 0 N–H and O–H groups in total. The molecule has 0 spiro atoms. The molecule has 1 aromatic rings. The number of halogens is 1. The van der Waals surface area contributed by atoms with E-state index in [-0.39, 0.29) is 0 Å². The van der Waals surface area contributed by atoms with E-state index < -0.39 is 0 Å². The summed E-state index contributed by atoms with van der Waals surface area (Å²) in [7, 11) is 0. The number of hydrogen-bond acceptors (Lipinski definition) is 3. The largest absolute Gasteiger partial charge is 0.374 e. The van der Waals surface area contributed by atoms with E-state index in [2.05, 4.69) is 16.0 Å². The first kappa shape index (κ1) is 9.43. The van der Waals surface area contributed by atoms with Gasteiger partial charge in [0.25, 0.3) is 0 Å². The molecule has 2 atom stereocenters. The van der Waals surface area contributed by atoms with Gasteiger partial charge in [0.05, 0.1) is 18.8 Å². The topological polar surface area (TPSA) is 25.4 Å². The molecule has 2 aliphatic heterocycles. The minimum absolute atomic E-state index is 0.421. The highest BCUT2D eigenvalue weighted by Crippen LogP contribution is 2.31. The molecular formula is C11H13ClN2O. The average Bonchev–Trinajstić information content (AvgIpc) is 2.91. The fraction of sp³-hybridized carbons (Fsp3) is 0.545. The Bertz CT molecular complexity index is 354. The fourth-order valence-electron chi connectivity index (χ4n) is 2.35. The third-order valence-corrected chi connectivity index (χ3v) is 3.47. The van der Waals surface area contributed by atoms with Crippen molar-refractivity contribution in [2.75, 3.05) is 18.1 Å². The van der Waals surface area contributed by atoms with Gasteiger partial charge in [-0.25, -0.2) is 4.98 Å². The van der Waals surface area contributed by atoms with E-state index >= 15 is 0 Å². The van der Waals surface area contributed by atoms with Crippen molar-refractivity contribution in [3.63, 3.8) is 0 Å². The molecule has 0 radical (unpaired) electrons. The number of alkyl halides is 1. The van der Waals surface area contributed by atoms with Crippen molar-refractivity contribution in [1.82, 2.24) is 4.98 Å². The SMILES string of the molecule is ClCc1ccc(N2CC3CC2CO3)nc1. The Kier molecular flexibility index (Phi) is 2.29. The lowest BCUT2D eigenvalue weighted by molar-refractivity contribution is 0.0989. The number of pyridine rings is 1. The summed E-state index contributed by atoms with van der Waals surface area (Å²) in [6.07, 6.45) is 3.43. The van der Waals surface area contributed by atoms with Crippen LogP contribution in [-0.2, 0) is 10.6 Å². The Morgan fingerprint density at radius 1 is 1.53 bits per heavy atom. The third kappa shape index (κ3) is 1.60. The van der Waals surface area contributed by atoms with Gasteiger partial charge in [0.1, 0.15) is 5.82 Å². The molecule has 1 aromatic heterocycles. The summed E-state index contributed by atoms with van der Waals surface area (Å²) in [5.41, 5.74) is 1.07. The van der Waals surface area contributed by atoms with Gasteiger partial charge in [-0.3, -0.25) is 0 Å². The van der Waals surface area contributed by atoms with E-state index in [4.69, 9.17) is 16.3 Å². The molecule has 3 heterocycles. The number of hydrogen-bond donors (Lipinski definition) is 0. The van der Waals surface area contributed by atoms with Gasteiger partial charge >= 0.3 is 0 Å². The van der Waals surface area contributed by atoms with Crippen LogP contribution in [0, 0.1) is 0 Å². The summed E-state index contributed by atoms with van der Waals surface area (Å²) >= 11 is 5.73. The van der Waals surface area contributed by atoms with Gasteiger partial charge in [-0.05, 0) is 18.1 Å². The second kappa shape index (κ2) is 3.65. The molecule has 0 aromatic carbocycles. The van der Waals surface area contributed by atoms with Gasteiger partial charge in [0, 0.05) is 18.6 Å². The highest BCUT2D eigenvalue weighted by atomic mass is 35.5. The minimum atomic E-state index is 0.421. The van der Waals surface area contributed by atoms with E-state index in [1.807, 2.05) is 12.3 Å². The molecule has 4 heteroatoms. The van der Waals surface area contributed by atoms with Gasteiger partial charge < -0.3 is 9.64 Å². The second-order valence-corrected chi connectivity index (χ2v) is 4.42. The second-order valence-electron chi connectivity index (χ2n) is 4.16. The van der Waals surface area contributed by atoms with Crippen molar-refractivity contribution in [2.45, 2.75) is 24.4 Å². The quantitative estimate of drug-likeness (QED) is 0.717. The van der Waals surface area contributed by atoms with Crippen LogP contribution in [0.5, 0.6) is 0 Å². The van der Waals surface area contributed by atoms with Crippen molar-refractivity contribution in [1.29, 1.82) is 0 Å². The van der Waals surface area contributed by atoms with Crippen LogP contribution < -0.4 is 4.90 Å². The van der Waals surface area contributed by atoms with Gasteiger partial charge in [-0.1, -0.05) is 6.07 Å². The first-order chi connectivity index (χ1) is 7.36. The molecule has 3 rings (SSSR count). The van der Waals surface area contributed by atoms with Crippen LogP contribution in [0.3, 0.4) is 0 Å². The maximum Gasteiger partial charge on any atom is 0.128 e. The predicted octanol–water partition coefficient (Wildman–Crippen LogP) is 1.80. The molecule has 80 valence electrons. The summed E-state index contributed by atoms with van der Waals surface area (Å²) in [6, 6.07) is 4.63. The third-order valence-electron chi connectivity index (χ3n) is 3.16. The summed E-state index contributed by atoms with van der Waals surface area (Å²) < 4.78 is 5.56. The van der Waals surface area contributed by atoms with E-state index in [0.29, 0.717) is 18.0 Å². The Balaban J connectivity index is 1.81. The molecule has 15 heavy (non-hydrogen) atoms. The molecule has 2 bridgehead atoms. The molecule has 3 nitrogen and oxygen atoms in total. The lowest BCUT2D eigenvalue weighted by atomic mass is 10.2. The number of ether oxygens (including phenoxy) is 1. The van der Waals surface area contributed by atoms with Crippen LogP contribution >= 0.6 is 11.6 Å². The van der Waals surface area contributed by atoms with Gasteiger partial charge in [-0.2, -0.15) is 0 Å². The Labute approximate surface area is 94.0 Å².